The van der Waals surface area contributed by atoms with Gasteiger partial charge in [-0.1, -0.05) is 0 Å². The molecular formula is C24H26N5O4+. The molecular weight excluding hydrogens is 422 g/mol. The van der Waals surface area contributed by atoms with Crippen molar-refractivity contribution in [2.45, 2.75) is 6.54 Å². The molecule has 2 aromatic heterocycles. The summed E-state index contributed by atoms with van der Waals surface area (Å²) in [5.74, 6) is 4.00. The van der Waals surface area contributed by atoms with Crippen LogP contribution in [0.3, 0.4) is 0 Å². The predicted octanol–water partition coefficient (Wildman–Crippen LogP) is 1.76. The lowest BCUT2D eigenvalue weighted by Gasteiger charge is -2.33. The summed E-state index contributed by atoms with van der Waals surface area (Å²) in [7, 11) is 3.29. The molecule has 4 heterocycles. The maximum absolute atomic E-state index is 5.52. The first-order valence-electron chi connectivity index (χ1n) is 11.1. The Morgan fingerprint density at radius 1 is 1.00 bits per heavy atom. The lowest BCUT2D eigenvalue weighted by atomic mass is 10.1. The van der Waals surface area contributed by atoms with Gasteiger partial charge >= 0.3 is 0 Å². The van der Waals surface area contributed by atoms with Gasteiger partial charge in [-0.25, -0.2) is 9.97 Å². The number of methoxy groups -OCH3 is 2. The number of rotatable bonds is 5. The van der Waals surface area contributed by atoms with E-state index in [-0.39, 0.29) is 0 Å². The Morgan fingerprint density at radius 2 is 1.79 bits per heavy atom. The molecule has 9 nitrogen and oxygen atoms in total. The zero-order valence-corrected chi connectivity index (χ0v) is 18.7. The van der Waals surface area contributed by atoms with E-state index >= 15 is 0 Å². The molecule has 1 fully saturated rings. The fraction of sp³-hybridized carbons (Fsp3) is 0.333. The number of anilines is 1. The monoisotopic (exact) mass is 448 g/mol. The number of ether oxygens (including phenoxy) is 4. The first kappa shape index (κ1) is 19.9. The highest BCUT2D eigenvalue weighted by atomic mass is 16.7. The fourth-order valence-corrected chi connectivity index (χ4v) is 4.80. The van der Waals surface area contributed by atoms with Crippen LogP contribution in [0, 0.1) is 0 Å². The van der Waals surface area contributed by atoms with Crippen LogP contribution in [-0.2, 0) is 6.54 Å². The Hall–Kier alpha value is -3.72. The van der Waals surface area contributed by atoms with Gasteiger partial charge in [-0.15, -0.1) is 0 Å². The Labute approximate surface area is 190 Å². The van der Waals surface area contributed by atoms with Gasteiger partial charge < -0.3 is 33.7 Å². The summed E-state index contributed by atoms with van der Waals surface area (Å²) in [6, 6.07) is 10.2. The lowest BCUT2D eigenvalue weighted by Crippen LogP contribution is -3.13. The van der Waals surface area contributed by atoms with Crippen molar-refractivity contribution in [3.8, 4) is 23.0 Å². The molecule has 4 aromatic rings. The molecule has 0 radical (unpaired) electrons. The van der Waals surface area contributed by atoms with E-state index in [0.717, 1.165) is 72.0 Å². The van der Waals surface area contributed by atoms with Crippen molar-refractivity contribution in [2.24, 2.45) is 0 Å². The third kappa shape index (κ3) is 3.45. The molecule has 2 aromatic carbocycles. The Bertz CT molecular complexity index is 1330. The summed E-state index contributed by atoms with van der Waals surface area (Å²) in [6.07, 6.45) is 1.65. The molecule has 2 aliphatic heterocycles. The average molecular weight is 449 g/mol. The van der Waals surface area contributed by atoms with E-state index in [1.807, 2.05) is 18.2 Å². The van der Waals surface area contributed by atoms with Gasteiger partial charge in [0.15, 0.2) is 28.8 Å². The highest BCUT2D eigenvalue weighted by Gasteiger charge is 2.25. The van der Waals surface area contributed by atoms with Crippen LogP contribution in [-0.4, -0.2) is 62.1 Å². The molecule has 0 spiro atoms. The fourth-order valence-electron chi connectivity index (χ4n) is 4.80. The van der Waals surface area contributed by atoms with Gasteiger partial charge in [0.05, 0.1) is 45.9 Å². The number of hydrogen-bond acceptors (Lipinski definition) is 7. The molecule has 2 aliphatic rings. The van der Waals surface area contributed by atoms with Gasteiger partial charge in [-0.3, -0.25) is 0 Å². The van der Waals surface area contributed by atoms with Gasteiger partial charge in [0.1, 0.15) is 23.9 Å². The number of nitrogens with one attached hydrogen (secondary N) is 2. The maximum atomic E-state index is 5.52. The number of aromatic nitrogens is 3. The summed E-state index contributed by atoms with van der Waals surface area (Å²) in [4.78, 5) is 16.6. The third-order valence-corrected chi connectivity index (χ3v) is 6.53. The number of aromatic amines is 1. The highest BCUT2D eigenvalue weighted by molar-refractivity contribution is 6.09. The van der Waals surface area contributed by atoms with E-state index in [1.54, 1.807) is 25.4 Å². The lowest BCUT2D eigenvalue weighted by molar-refractivity contribution is -0.914. The normalized spacial score (nSPS) is 16.0. The molecule has 2 N–H and O–H groups in total. The van der Waals surface area contributed by atoms with Crippen molar-refractivity contribution in [1.82, 2.24) is 15.0 Å². The SMILES string of the molecule is COc1cc2[nH]c3c(N4CC[NH+](Cc5ccc6c(c5)OCO6)CC4)ncnc3c2cc1OC. The van der Waals surface area contributed by atoms with Crippen LogP contribution in [0.5, 0.6) is 23.0 Å². The van der Waals surface area contributed by atoms with E-state index in [9.17, 15) is 0 Å². The summed E-state index contributed by atoms with van der Waals surface area (Å²) >= 11 is 0. The zero-order valence-electron chi connectivity index (χ0n) is 18.7. The second-order valence-electron chi connectivity index (χ2n) is 8.40. The van der Waals surface area contributed by atoms with Crippen molar-refractivity contribution in [2.75, 3.05) is 52.1 Å². The van der Waals surface area contributed by atoms with Crippen molar-refractivity contribution >= 4 is 27.8 Å². The first-order chi connectivity index (χ1) is 16.2. The predicted molar refractivity (Wildman–Crippen MR) is 124 cm³/mol. The van der Waals surface area contributed by atoms with Crippen LogP contribution in [0.4, 0.5) is 5.82 Å². The molecule has 0 amide bonds. The molecule has 9 heteroatoms. The van der Waals surface area contributed by atoms with Crippen molar-refractivity contribution in [3.63, 3.8) is 0 Å². The smallest absolute Gasteiger partial charge is 0.231 e. The zero-order chi connectivity index (χ0) is 22.4. The number of hydrogen-bond donors (Lipinski definition) is 2. The second-order valence-corrected chi connectivity index (χ2v) is 8.40. The van der Waals surface area contributed by atoms with Gasteiger partial charge in [0.2, 0.25) is 6.79 Å². The third-order valence-electron chi connectivity index (χ3n) is 6.53. The summed E-state index contributed by atoms with van der Waals surface area (Å²) in [5, 5.41) is 0.998. The molecule has 0 saturated carbocycles. The van der Waals surface area contributed by atoms with Crippen LogP contribution in [0.15, 0.2) is 36.7 Å². The van der Waals surface area contributed by atoms with Crippen molar-refractivity contribution < 1.29 is 23.8 Å². The van der Waals surface area contributed by atoms with Crippen molar-refractivity contribution in [1.29, 1.82) is 0 Å². The Morgan fingerprint density at radius 3 is 2.61 bits per heavy atom. The molecule has 6 rings (SSSR count). The van der Waals surface area contributed by atoms with Crippen LogP contribution in [0.1, 0.15) is 5.56 Å². The number of benzene rings is 2. The number of quaternary nitrogens is 1. The Kier molecular flexibility index (Phi) is 4.83. The van der Waals surface area contributed by atoms with Gasteiger partial charge in [0.25, 0.3) is 0 Å². The van der Waals surface area contributed by atoms with Gasteiger partial charge in [-0.2, -0.15) is 0 Å². The molecule has 0 unspecified atom stereocenters. The van der Waals surface area contributed by atoms with Crippen molar-refractivity contribution in [3.05, 3.63) is 42.2 Å². The van der Waals surface area contributed by atoms with E-state index in [1.165, 1.54) is 5.56 Å². The minimum Gasteiger partial charge on any atom is -0.493 e. The molecule has 0 atom stereocenters. The summed E-state index contributed by atoms with van der Waals surface area (Å²) in [5.41, 5.74) is 4.07. The van der Waals surface area contributed by atoms with E-state index in [2.05, 4.69) is 32.0 Å². The van der Waals surface area contributed by atoms with E-state index < -0.39 is 0 Å². The quantitative estimate of drug-likeness (QED) is 0.481. The first-order valence-corrected chi connectivity index (χ1v) is 11.1. The average Bonchev–Trinajstić information content (AvgIpc) is 3.47. The molecule has 1 saturated heterocycles. The van der Waals surface area contributed by atoms with Crippen LogP contribution >= 0.6 is 0 Å². The van der Waals surface area contributed by atoms with Gasteiger partial charge in [-0.05, 0) is 24.3 Å². The molecule has 33 heavy (non-hydrogen) atoms. The maximum Gasteiger partial charge on any atom is 0.231 e. The minimum atomic E-state index is 0.311. The number of piperazine rings is 1. The van der Waals surface area contributed by atoms with Crippen LogP contribution in [0.25, 0.3) is 21.9 Å². The number of nitrogens with zero attached hydrogens (tertiary/aromatic N) is 3. The standard InChI is InChI=1S/C24H25N5O4/c1-30-19-10-16-17(11-20(19)31-2)27-23-22(16)25-13-26-24(23)29-7-5-28(6-8-29)12-15-3-4-18-21(9-15)33-14-32-18/h3-4,9-11,13,27H,5-8,12,14H2,1-2H3/p+1. The molecule has 0 bridgehead atoms. The molecule has 0 aliphatic carbocycles. The number of fused-ring (bicyclic) bond motifs is 4. The molecule has 170 valence electrons. The summed E-state index contributed by atoms with van der Waals surface area (Å²) in [6.45, 7) is 5.19. The largest absolute Gasteiger partial charge is 0.493 e. The van der Waals surface area contributed by atoms with Gasteiger partial charge in [0, 0.05) is 17.0 Å². The highest BCUT2D eigenvalue weighted by Crippen LogP contribution is 2.37. The Balaban J connectivity index is 1.23. The van der Waals surface area contributed by atoms with E-state index in [0.29, 0.717) is 18.3 Å². The van der Waals surface area contributed by atoms with E-state index in [4.69, 9.17) is 18.9 Å². The van der Waals surface area contributed by atoms with Crippen LogP contribution < -0.4 is 28.7 Å². The number of H-pyrrole nitrogens is 1. The van der Waals surface area contributed by atoms with Crippen LogP contribution in [0.2, 0.25) is 0 Å². The summed E-state index contributed by atoms with van der Waals surface area (Å²) < 4.78 is 21.9. The minimum absolute atomic E-state index is 0.311. The topological polar surface area (TPSA) is 86.2 Å². The second kappa shape index (κ2) is 8.00.